The predicted molar refractivity (Wildman–Crippen MR) is 73.0 cm³/mol. The Bertz CT molecular complexity index is 487. The number of allylic oxidation sites excluding steroid dienone is 1. The van der Waals surface area contributed by atoms with Crippen molar-refractivity contribution in [2.75, 3.05) is 13.7 Å². The summed E-state index contributed by atoms with van der Waals surface area (Å²) in [5.74, 6) is 1.82. The standard InChI is InChI=1S/C16H18O3/c1-17-13-7-5-12(6-8-13)14-9-10-16(19-14)15-4-2-3-11-18-15/h4-10,14,16H,2-3,11H2,1H3/t14-,16-/m1/s1. The molecule has 2 aliphatic heterocycles. The second-order valence-electron chi connectivity index (χ2n) is 4.73. The van der Waals surface area contributed by atoms with E-state index in [1.165, 1.54) is 0 Å². The van der Waals surface area contributed by atoms with E-state index in [-0.39, 0.29) is 12.2 Å². The van der Waals surface area contributed by atoms with Crippen molar-refractivity contribution >= 4 is 0 Å². The van der Waals surface area contributed by atoms with Crippen LogP contribution in [0.4, 0.5) is 0 Å². The van der Waals surface area contributed by atoms with Gasteiger partial charge in [0.25, 0.3) is 0 Å². The summed E-state index contributed by atoms with van der Waals surface area (Å²) in [5, 5.41) is 0. The maximum atomic E-state index is 6.02. The molecule has 0 aliphatic carbocycles. The molecule has 2 heterocycles. The van der Waals surface area contributed by atoms with Gasteiger partial charge in [-0.2, -0.15) is 0 Å². The largest absolute Gasteiger partial charge is 0.497 e. The lowest BCUT2D eigenvalue weighted by Gasteiger charge is -2.21. The van der Waals surface area contributed by atoms with E-state index in [4.69, 9.17) is 14.2 Å². The van der Waals surface area contributed by atoms with Crippen LogP contribution < -0.4 is 4.74 Å². The maximum absolute atomic E-state index is 6.02. The smallest absolute Gasteiger partial charge is 0.134 e. The Morgan fingerprint density at radius 3 is 2.58 bits per heavy atom. The zero-order valence-electron chi connectivity index (χ0n) is 11.0. The highest BCUT2D eigenvalue weighted by Gasteiger charge is 2.25. The number of hydrogen-bond acceptors (Lipinski definition) is 3. The highest BCUT2D eigenvalue weighted by molar-refractivity contribution is 5.32. The number of hydrogen-bond donors (Lipinski definition) is 0. The van der Waals surface area contributed by atoms with E-state index in [1.54, 1.807) is 7.11 Å². The average Bonchev–Trinajstić information content (AvgIpc) is 2.98. The number of ether oxygens (including phenoxy) is 3. The molecular weight excluding hydrogens is 240 g/mol. The lowest BCUT2D eigenvalue weighted by Crippen LogP contribution is -2.16. The van der Waals surface area contributed by atoms with Gasteiger partial charge in [0.05, 0.1) is 13.7 Å². The van der Waals surface area contributed by atoms with Gasteiger partial charge in [-0.3, -0.25) is 0 Å². The molecule has 3 rings (SSSR count). The summed E-state index contributed by atoms with van der Waals surface area (Å²) in [6.45, 7) is 0.798. The Morgan fingerprint density at radius 1 is 1.11 bits per heavy atom. The topological polar surface area (TPSA) is 27.7 Å². The second-order valence-corrected chi connectivity index (χ2v) is 4.73. The van der Waals surface area contributed by atoms with E-state index >= 15 is 0 Å². The molecule has 0 unspecified atom stereocenters. The molecule has 2 aliphatic rings. The van der Waals surface area contributed by atoms with Gasteiger partial charge in [0.1, 0.15) is 23.7 Å². The van der Waals surface area contributed by atoms with E-state index in [9.17, 15) is 0 Å². The first-order valence-electron chi connectivity index (χ1n) is 6.67. The Hall–Kier alpha value is -1.74. The van der Waals surface area contributed by atoms with Crippen LogP contribution in [0.3, 0.4) is 0 Å². The van der Waals surface area contributed by atoms with Crippen LogP contribution in [0.2, 0.25) is 0 Å². The van der Waals surface area contributed by atoms with Crippen LogP contribution in [0.15, 0.2) is 48.3 Å². The Morgan fingerprint density at radius 2 is 1.89 bits per heavy atom. The van der Waals surface area contributed by atoms with Crippen molar-refractivity contribution in [3.8, 4) is 5.75 Å². The highest BCUT2D eigenvalue weighted by atomic mass is 16.5. The van der Waals surface area contributed by atoms with Crippen molar-refractivity contribution in [1.29, 1.82) is 0 Å². The first-order valence-corrected chi connectivity index (χ1v) is 6.67. The molecule has 0 radical (unpaired) electrons. The molecule has 3 nitrogen and oxygen atoms in total. The second kappa shape index (κ2) is 5.49. The van der Waals surface area contributed by atoms with E-state index in [1.807, 2.05) is 24.3 Å². The summed E-state index contributed by atoms with van der Waals surface area (Å²) in [6, 6.07) is 7.98. The Labute approximate surface area is 113 Å². The molecule has 0 saturated heterocycles. The summed E-state index contributed by atoms with van der Waals surface area (Å²) < 4.78 is 16.8. The molecule has 3 heteroatoms. The Kier molecular flexibility index (Phi) is 3.56. The fraction of sp³-hybridized carbons (Fsp3) is 0.375. The molecule has 0 aromatic heterocycles. The summed E-state index contributed by atoms with van der Waals surface area (Å²) in [7, 11) is 1.67. The van der Waals surface area contributed by atoms with Crippen LogP contribution in [0.1, 0.15) is 24.5 Å². The molecule has 1 aromatic rings. The lowest BCUT2D eigenvalue weighted by atomic mass is 10.1. The quantitative estimate of drug-likeness (QED) is 0.778. The van der Waals surface area contributed by atoms with Crippen LogP contribution >= 0.6 is 0 Å². The van der Waals surface area contributed by atoms with Crippen molar-refractivity contribution in [2.45, 2.75) is 25.0 Å². The average molecular weight is 258 g/mol. The zero-order valence-corrected chi connectivity index (χ0v) is 11.0. The van der Waals surface area contributed by atoms with E-state index < -0.39 is 0 Å². The minimum Gasteiger partial charge on any atom is -0.497 e. The van der Waals surface area contributed by atoms with Gasteiger partial charge in [0, 0.05) is 0 Å². The maximum Gasteiger partial charge on any atom is 0.134 e. The fourth-order valence-electron chi connectivity index (χ4n) is 2.37. The summed E-state index contributed by atoms with van der Waals surface area (Å²) in [6.07, 6.45) is 8.44. The summed E-state index contributed by atoms with van der Waals surface area (Å²) in [4.78, 5) is 0. The zero-order chi connectivity index (χ0) is 13.1. The monoisotopic (exact) mass is 258 g/mol. The molecule has 1 aromatic carbocycles. The van der Waals surface area contributed by atoms with Crippen molar-refractivity contribution in [3.05, 3.63) is 53.8 Å². The van der Waals surface area contributed by atoms with Crippen molar-refractivity contribution < 1.29 is 14.2 Å². The van der Waals surface area contributed by atoms with Crippen molar-refractivity contribution in [1.82, 2.24) is 0 Å². The van der Waals surface area contributed by atoms with Gasteiger partial charge in [-0.15, -0.1) is 0 Å². The van der Waals surface area contributed by atoms with Crippen LogP contribution in [0.25, 0.3) is 0 Å². The molecule has 2 atom stereocenters. The fourth-order valence-corrected chi connectivity index (χ4v) is 2.37. The van der Waals surface area contributed by atoms with Crippen LogP contribution in [0, 0.1) is 0 Å². The first kappa shape index (κ1) is 12.3. The number of rotatable bonds is 3. The molecule has 100 valence electrons. The van der Waals surface area contributed by atoms with E-state index in [0.29, 0.717) is 0 Å². The van der Waals surface area contributed by atoms with Crippen LogP contribution in [0.5, 0.6) is 5.75 Å². The minimum absolute atomic E-state index is 0.00216. The molecule has 0 amide bonds. The summed E-state index contributed by atoms with van der Waals surface area (Å²) >= 11 is 0. The molecule has 0 saturated carbocycles. The van der Waals surface area contributed by atoms with Gasteiger partial charge in [-0.1, -0.05) is 18.2 Å². The Balaban J connectivity index is 1.68. The highest BCUT2D eigenvalue weighted by Crippen LogP contribution is 2.32. The van der Waals surface area contributed by atoms with Crippen molar-refractivity contribution in [2.24, 2.45) is 0 Å². The van der Waals surface area contributed by atoms with Gasteiger partial charge in [-0.25, -0.2) is 0 Å². The van der Waals surface area contributed by atoms with Crippen LogP contribution in [-0.2, 0) is 9.47 Å². The SMILES string of the molecule is COc1ccc([C@H]2C=C[C@H](C3=CCCCO3)O2)cc1. The molecule has 0 fully saturated rings. The van der Waals surface area contributed by atoms with Gasteiger partial charge in [0.2, 0.25) is 0 Å². The van der Waals surface area contributed by atoms with Gasteiger partial charge in [0.15, 0.2) is 0 Å². The number of methoxy groups -OCH3 is 1. The molecule has 19 heavy (non-hydrogen) atoms. The molecular formula is C16H18O3. The third-order valence-corrected chi connectivity index (χ3v) is 3.44. The van der Waals surface area contributed by atoms with Crippen molar-refractivity contribution in [3.63, 3.8) is 0 Å². The van der Waals surface area contributed by atoms with Gasteiger partial charge < -0.3 is 14.2 Å². The van der Waals surface area contributed by atoms with E-state index in [2.05, 4.69) is 18.2 Å². The normalized spacial score (nSPS) is 25.8. The minimum atomic E-state index is -0.0348. The van der Waals surface area contributed by atoms with Gasteiger partial charge in [-0.05, 0) is 42.7 Å². The number of benzene rings is 1. The van der Waals surface area contributed by atoms with E-state index in [0.717, 1.165) is 36.5 Å². The third-order valence-electron chi connectivity index (χ3n) is 3.44. The first-order chi connectivity index (χ1) is 9.36. The molecule has 0 N–H and O–H groups in total. The summed E-state index contributed by atoms with van der Waals surface area (Å²) in [5.41, 5.74) is 1.14. The van der Waals surface area contributed by atoms with Gasteiger partial charge >= 0.3 is 0 Å². The predicted octanol–water partition coefficient (Wildman–Crippen LogP) is 3.39. The molecule has 0 bridgehead atoms. The van der Waals surface area contributed by atoms with Crippen LogP contribution in [-0.4, -0.2) is 19.8 Å². The molecule has 0 spiro atoms. The third kappa shape index (κ3) is 2.66. The lowest BCUT2D eigenvalue weighted by molar-refractivity contribution is 0.0337.